The van der Waals surface area contributed by atoms with Crippen LogP contribution in [0.25, 0.3) is 4.85 Å². The molecule has 2 saturated carbocycles. The number of nitrogens with zero attached hydrogens (tertiary/aromatic N) is 1. The zero-order chi connectivity index (χ0) is 27.4. The molecule has 0 aromatic heterocycles. The molecule has 0 N–H and O–H groups in total. The first-order valence-corrected chi connectivity index (χ1v) is 15.1. The minimum absolute atomic E-state index is 0.132. The molecule has 1 heterocycles. The first-order chi connectivity index (χ1) is 18.2. The second-order valence-electron chi connectivity index (χ2n) is 10.6. The average molecular weight is 558 g/mol. The third kappa shape index (κ3) is 6.40. The van der Waals surface area contributed by atoms with Crippen LogP contribution in [0.2, 0.25) is 0 Å². The second kappa shape index (κ2) is 12.6. The molecule has 1 aromatic carbocycles. The summed E-state index contributed by atoms with van der Waals surface area (Å²) in [6.45, 7) is 15.6. The van der Waals surface area contributed by atoms with Gasteiger partial charge >= 0.3 is 17.9 Å². The average Bonchev–Trinajstić information content (AvgIpc) is 3.33. The number of carbonyl (C=O) groups is 3. The fraction of sp³-hybridized carbons (Fsp3) is 0.586. The quantitative estimate of drug-likeness (QED) is 0.156. The SMILES string of the molecule is [C-]#[N+]C(C(=O)OCC)=C1Sc2c(OC(=O)C3CCC(C)CC3)cc(C)c(OC(=O)C3CCC(C)CC3)c2S1. The highest BCUT2D eigenvalue weighted by molar-refractivity contribution is 8.24. The minimum atomic E-state index is -0.702. The van der Waals surface area contributed by atoms with Crippen LogP contribution in [0.4, 0.5) is 0 Å². The lowest BCUT2D eigenvalue weighted by molar-refractivity contribution is -0.141. The number of esters is 3. The Kier molecular flexibility index (Phi) is 9.48. The fourth-order valence-electron chi connectivity index (χ4n) is 5.16. The largest absolute Gasteiger partial charge is 0.471 e. The number of fused-ring (bicyclic) bond motifs is 1. The number of benzene rings is 1. The van der Waals surface area contributed by atoms with Crippen LogP contribution in [0.3, 0.4) is 0 Å². The van der Waals surface area contributed by atoms with Gasteiger partial charge in [-0.25, -0.2) is 4.85 Å². The van der Waals surface area contributed by atoms with E-state index < -0.39 is 5.97 Å². The zero-order valence-corrected chi connectivity index (χ0v) is 24.1. The summed E-state index contributed by atoms with van der Waals surface area (Å²) in [5, 5.41) is 0. The molecule has 204 valence electrons. The van der Waals surface area contributed by atoms with E-state index >= 15 is 0 Å². The molecule has 0 spiro atoms. The smallest absolute Gasteiger partial charge is 0.338 e. The Morgan fingerprint density at radius 1 is 0.895 bits per heavy atom. The van der Waals surface area contributed by atoms with Gasteiger partial charge in [-0.1, -0.05) is 37.4 Å². The summed E-state index contributed by atoms with van der Waals surface area (Å²) >= 11 is 2.37. The predicted octanol–water partition coefficient (Wildman–Crippen LogP) is 7.31. The molecule has 0 saturated heterocycles. The van der Waals surface area contributed by atoms with Gasteiger partial charge in [0.15, 0.2) is 0 Å². The van der Waals surface area contributed by atoms with E-state index in [4.69, 9.17) is 20.8 Å². The Morgan fingerprint density at radius 2 is 1.42 bits per heavy atom. The molecule has 1 aromatic rings. The van der Waals surface area contributed by atoms with E-state index in [2.05, 4.69) is 18.7 Å². The van der Waals surface area contributed by atoms with Gasteiger partial charge in [0.05, 0.1) is 39.0 Å². The summed E-state index contributed by atoms with van der Waals surface area (Å²) in [5.74, 6) is 0.457. The van der Waals surface area contributed by atoms with Gasteiger partial charge in [0.1, 0.15) is 11.5 Å². The Balaban J connectivity index is 1.66. The molecule has 38 heavy (non-hydrogen) atoms. The normalized spacial score (nSPS) is 26.1. The van der Waals surface area contributed by atoms with Crippen LogP contribution in [0.15, 0.2) is 25.8 Å². The van der Waals surface area contributed by atoms with Gasteiger partial charge in [-0.3, -0.25) is 14.4 Å². The van der Waals surface area contributed by atoms with E-state index in [1.54, 1.807) is 13.0 Å². The van der Waals surface area contributed by atoms with Crippen molar-refractivity contribution in [2.24, 2.45) is 23.7 Å². The first kappa shape index (κ1) is 28.6. The number of carbonyl (C=O) groups excluding carboxylic acids is 3. The fourth-order valence-corrected chi connectivity index (χ4v) is 7.77. The monoisotopic (exact) mass is 557 g/mol. The maximum atomic E-state index is 13.1. The summed E-state index contributed by atoms with van der Waals surface area (Å²) in [7, 11) is 0. The van der Waals surface area contributed by atoms with Crippen molar-refractivity contribution in [2.75, 3.05) is 6.61 Å². The second-order valence-corrected chi connectivity index (χ2v) is 12.9. The highest BCUT2D eigenvalue weighted by Gasteiger charge is 2.35. The van der Waals surface area contributed by atoms with E-state index in [9.17, 15) is 14.4 Å². The van der Waals surface area contributed by atoms with Gasteiger partial charge in [-0.2, -0.15) is 0 Å². The topological polar surface area (TPSA) is 83.3 Å². The van der Waals surface area contributed by atoms with Crippen LogP contribution in [0.5, 0.6) is 11.5 Å². The highest BCUT2D eigenvalue weighted by Crippen LogP contribution is 2.60. The maximum Gasteiger partial charge on any atom is 0.338 e. The summed E-state index contributed by atoms with van der Waals surface area (Å²) < 4.78 is 17.4. The van der Waals surface area contributed by atoms with E-state index in [0.717, 1.165) is 51.4 Å². The van der Waals surface area contributed by atoms with Crippen molar-refractivity contribution in [2.45, 2.75) is 88.9 Å². The van der Waals surface area contributed by atoms with Gasteiger partial charge in [0.25, 0.3) is 5.70 Å². The van der Waals surface area contributed by atoms with Crippen LogP contribution in [-0.4, -0.2) is 24.5 Å². The number of hydrogen-bond donors (Lipinski definition) is 0. The van der Waals surface area contributed by atoms with Gasteiger partial charge in [-0.05, 0) is 88.7 Å². The summed E-state index contributed by atoms with van der Waals surface area (Å²) in [5.41, 5.74) is 0.531. The zero-order valence-electron chi connectivity index (χ0n) is 22.5. The summed E-state index contributed by atoms with van der Waals surface area (Å²) in [6.07, 6.45) is 7.19. The van der Waals surface area contributed by atoms with Gasteiger partial charge in [-0.15, -0.1) is 0 Å². The van der Waals surface area contributed by atoms with Crippen LogP contribution < -0.4 is 9.47 Å². The Morgan fingerprint density at radius 3 is 1.95 bits per heavy atom. The van der Waals surface area contributed by atoms with Gasteiger partial charge in [0.2, 0.25) is 0 Å². The van der Waals surface area contributed by atoms with Crippen molar-refractivity contribution in [1.82, 2.24) is 0 Å². The van der Waals surface area contributed by atoms with E-state index in [-0.39, 0.29) is 36.1 Å². The minimum Gasteiger partial charge on any atom is -0.471 e. The Labute approximate surface area is 233 Å². The predicted molar refractivity (Wildman–Crippen MR) is 147 cm³/mol. The molecule has 0 radical (unpaired) electrons. The molecule has 9 heteroatoms. The standard InChI is InChI=1S/C29H35NO6S2/c1-6-34-28(33)22(30-5)29-37-24-21(35-26(31)19-11-7-16(2)8-12-19)15-18(4)23(25(24)38-29)36-27(32)20-13-9-17(3)10-14-20/h15-17,19-20H,6-14H2,1-4H3. The molecule has 4 rings (SSSR count). The van der Waals surface area contributed by atoms with Crippen LogP contribution >= 0.6 is 23.5 Å². The van der Waals surface area contributed by atoms with E-state index in [0.29, 0.717) is 42.9 Å². The summed E-state index contributed by atoms with van der Waals surface area (Å²) in [6, 6.07) is 1.73. The molecule has 0 unspecified atom stereocenters. The van der Waals surface area contributed by atoms with Crippen molar-refractivity contribution in [3.8, 4) is 11.5 Å². The van der Waals surface area contributed by atoms with E-state index in [1.165, 1.54) is 23.5 Å². The lowest BCUT2D eigenvalue weighted by Gasteiger charge is -2.26. The van der Waals surface area contributed by atoms with Gasteiger partial charge < -0.3 is 14.2 Å². The van der Waals surface area contributed by atoms with E-state index in [1.807, 2.05) is 6.92 Å². The van der Waals surface area contributed by atoms with Gasteiger partial charge in [0, 0.05) is 0 Å². The maximum absolute atomic E-state index is 13.1. The number of rotatable bonds is 6. The number of hydrogen-bond acceptors (Lipinski definition) is 8. The first-order valence-electron chi connectivity index (χ1n) is 13.5. The van der Waals surface area contributed by atoms with Crippen molar-refractivity contribution < 1.29 is 28.6 Å². The molecular formula is C29H35NO6S2. The molecule has 1 aliphatic heterocycles. The number of thioether (sulfide) groups is 2. The van der Waals surface area contributed by atoms with Crippen molar-refractivity contribution in [3.63, 3.8) is 0 Å². The molecule has 0 bridgehead atoms. The third-order valence-electron chi connectivity index (χ3n) is 7.62. The molecule has 7 nitrogen and oxygen atoms in total. The molecular weight excluding hydrogens is 522 g/mol. The van der Waals surface area contributed by atoms with Crippen molar-refractivity contribution in [1.29, 1.82) is 0 Å². The Hall–Kier alpha value is -2.44. The lowest BCUT2D eigenvalue weighted by Crippen LogP contribution is -2.26. The van der Waals surface area contributed by atoms with Crippen molar-refractivity contribution in [3.05, 3.63) is 33.0 Å². The lowest BCUT2D eigenvalue weighted by atomic mass is 9.83. The van der Waals surface area contributed by atoms with Crippen LogP contribution in [-0.2, 0) is 19.1 Å². The van der Waals surface area contributed by atoms with Crippen molar-refractivity contribution >= 4 is 41.4 Å². The summed E-state index contributed by atoms with van der Waals surface area (Å²) in [4.78, 5) is 43.3. The van der Waals surface area contributed by atoms with Crippen LogP contribution in [0.1, 0.15) is 77.7 Å². The highest BCUT2D eigenvalue weighted by atomic mass is 32.2. The molecule has 2 aliphatic carbocycles. The third-order valence-corrected chi connectivity index (χ3v) is 10.2. The molecule has 3 aliphatic rings. The molecule has 2 fully saturated rings. The number of ether oxygens (including phenoxy) is 3. The Bertz CT molecular complexity index is 1170. The molecule has 0 atom stereocenters. The number of aryl methyl sites for hydroxylation is 1. The van der Waals surface area contributed by atoms with Crippen LogP contribution in [0, 0.1) is 37.2 Å². The molecule has 0 amide bonds.